The van der Waals surface area contributed by atoms with Crippen LogP contribution in [0.3, 0.4) is 0 Å². The topological polar surface area (TPSA) is 100 Å². The molecule has 5 rings (SSSR count). The number of nitrogens with zero attached hydrogens (tertiary/aromatic N) is 4. The molecule has 0 unspecified atom stereocenters. The van der Waals surface area contributed by atoms with Gasteiger partial charge in [0.1, 0.15) is 0 Å². The fraction of sp³-hybridized carbons (Fsp3) is 0.444. The molecule has 0 spiro atoms. The molecule has 2 fully saturated rings. The lowest BCUT2D eigenvalue weighted by Crippen LogP contribution is -2.52. The SMILES string of the molecule is CCN=Cc1c(N2CCC(C)(NC3CC3)CC2)ccc(C(=O)Nc2cc(F)c3nc(C)cn3c2)c1N. The third-order valence-corrected chi connectivity index (χ3v) is 7.13. The number of nitrogen functional groups attached to an aromatic ring is 1. The summed E-state index contributed by atoms with van der Waals surface area (Å²) in [5, 5.41) is 6.59. The molecule has 2 aromatic heterocycles. The van der Waals surface area contributed by atoms with E-state index in [0.717, 1.165) is 37.2 Å². The number of benzene rings is 1. The van der Waals surface area contributed by atoms with E-state index in [2.05, 4.69) is 32.4 Å². The van der Waals surface area contributed by atoms with Crippen LogP contribution in [0.1, 0.15) is 61.1 Å². The van der Waals surface area contributed by atoms with Gasteiger partial charge in [0.2, 0.25) is 0 Å². The number of hydrogen-bond donors (Lipinski definition) is 3. The molecule has 0 atom stereocenters. The lowest BCUT2D eigenvalue weighted by Gasteiger charge is -2.42. The van der Waals surface area contributed by atoms with Crippen molar-refractivity contribution in [3.8, 4) is 0 Å². The molecule has 36 heavy (non-hydrogen) atoms. The number of aromatic nitrogens is 2. The minimum atomic E-state index is -0.506. The van der Waals surface area contributed by atoms with Crippen LogP contribution in [0.25, 0.3) is 5.65 Å². The molecule has 9 heteroatoms. The van der Waals surface area contributed by atoms with E-state index < -0.39 is 11.7 Å². The highest BCUT2D eigenvalue weighted by molar-refractivity contribution is 6.11. The summed E-state index contributed by atoms with van der Waals surface area (Å²) in [7, 11) is 0. The number of nitrogens with two attached hydrogens (primary N) is 1. The van der Waals surface area contributed by atoms with Gasteiger partial charge in [0.15, 0.2) is 11.5 Å². The summed E-state index contributed by atoms with van der Waals surface area (Å²) < 4.78 is 16.1. The molecule has 0 radical (unpaired) electrons. The maximum absolute atomic E-state index is 14.5. The summed E-state index contributed by atoms with van der Waals surface area (Å²) in [4.78, 5) is 24.1. The molecule has 1 saturated heterocycles. The highest BCUT2D eigenvalue weighted by Crippen LogP contribution is 2.34. The molecular weight excluding hydrogens is 457 g/mol. The molecule has 0 bridgehead atoms. The Labute approximate surface area is 210 Å². The second-order valence-corrected chi connectivity index (χ2v) is 10.2. The lowest BCUT2D eigenvalue weighted by atomic mass is 9.88. The van der Waals surface area contributed by atoms with Gasteiger partial charge >= 0.3 is 0 Å². The number of amides is 1. The first kappa shape index (κ1) is 24.2. The fourth-order valence-corrected chi connectivity index (χ4v) is 4.97. The van der Waals surface area contributed by atoms with Gasteiger partial charge in [-0.15, -0.1) is 0 Å². The van der Waals surface area contributed by atoms with Crippen molar-refractivity contribution < 1.29 is 9.18 Å². The van der Waals surface area contributed by atoms with Gasteiger partial charge in [-0.3, -0.25) is 9.79 Å². The second kappa shape index (κ2) is 9.54. The smallest absolute Gasteiger partial charge is 0.257 e. The van der Waals surface area contributed by atoms with Crippen molar-refractivity contribution in [3.63, 3.8) is 0 Å². The Bertz CT molecular complexity index is 1320. The van der Waals surface area contributed by atoms with E-state index in [-0.39, 0.29) is 11.2 Å². The summed E-state index contributed by atoms with van der Waals surface area (Å²) in [6, 6.07) is 5.64. The van der Waals surface area contributed by atoms with Crippen molar-refractivity contribution in [2.75, 3.05) is 35.6 Å². The van der Waals surface area contributed by atoms with Crippen molar-refractivity contribution in [3.05, 3.63) is 53.2 Å². The molecule has 1 saturated carbocycles. The summed E-state index contributed by atoms with van der Waals surface area (Å²) in [6.45, 7) is 8.48. The molecule has 1 aromatic carbocycles. The number of pyridine rings is 1. The van der Waals surface area contributed by atoms with Gasteiger partial charge in [0, 0.05) is 67.1 Å². The standard InChI is InChI=1S/C27H34FN7O/c1-4-30-14-21-23(34-11-9-27(3,10-12-34)33-18-5-6-18)8-7-20(24(21)29)26(36)32-19-13-22(28)25-31-17(2)15-35(25)16-19/h7-8,13-16,18,33H,4-6,9-12,29H2,1-3H3,(H,32,36). The molecule has 190 valence electrons. The fourth-order valence-electron chi connectivity index (χ4n) is 4.97. The third-order valence-electron chi connectivity index (χ3n) is 7.13. The Morgan fingerprint density at radius 2 is 2.06 bits per heavy atom. The highest BCUT2D eigenvalue weighted by Gasteiger charge is 2.35. The molecule has 3 aromatic rings. The number of nitrogens with one attached hydrogen (secondary N) is 2. The van der Waals surface area contributed by atoms with Gasteiger partial charge in [0.25, 0.3) is 5.91 Å². The number of carbonyl (C=O) groups is 1. The van der Waals surface area contributed by atoms with Gasteiger partial charge in [-0.25, -0.2) is 9.37 Å². The minimum Gasteiger partial charge on any atom is -0.397 e. The second-order valence-electron chi connectivity index (χ2n) is 10.2. The maximum atomic E-state index is 14.5. The monoisotopic (exact) mass is 491 g/mol. The number of fused-ring (bicyclic) bond motifs is 1. The summed E-state index contributed by atoms with van der Waals surface area (Å²) in [6.07, 6.45) is 9.74. The molecule has 4 N–H and O–H groups in total. The first-order chi connectivity index (χ1) is 17.3. The summed E-state index contributed by atoms with van der Waals surface area (Å²) in [5.74, 6) is -0.908. The van der Waals surface area contributed by atoms with Crippen LogP contribution in [-0.4, -0.2) is 52.7 Å². The van der Waals surface area contributed by atoms with Gasteiger partial charge in [-0.2, -0.15) is 0 Å². The number of rotatable bonds is 7. The number of piperidine rings is 1. The molecule has 8 nitrogen and oxygen atoms in total. The minimum absolute atomic E-state index is 0.158. The first-order valence-corrected chi connectivity index (χ1v) is 12.7. The van der Waals surface area contributed by atoms with E-state index >= 15 is 0 Å². The van der Waals surface area contributed by atoms with Crippen LogP contribution in [0, 0.1) is 12.7 Å². The van der Waals surface area contributed by atoms with Crippen molar-refractivity contribution >= 4 is 34.8 Å². The van der Waals surface area contributed by atoms with E-state index in [1.54, 1.807) is 36.0 Å². The van der Waals surface area contributed by atoms with Gasteiger partial charge in [-0.1, -0.05) is 0 Å². The molecule has 1 aliphatic carbocycles. The predicted molar refractivity (Wildman–Crippen MR) is 143 cm³/mol. The van der Waals surface area contributed by atoms with E-state index in [1.165, 1.54) is 18.9 Å². The van der Waals surface area contributed by atoms with E-state index in [9.17, 15) is 9.18 Å². The van der Waals surface area contributed by atoms with Crippen LogP contribution in [0.5, 0.6) is 0 Å². The Hall–Kier alpha value is -3.46. The highest BCUT2D eigenvalue weighted by atomic mass is 19.1. The normalized spacial score (nSPS) is 17.7. The Balaban J connectivity index is 1.39. The van der Waals surface area contributed by atoms with Crippen LogP contribution < -0.4 is 21.3 Å². The van der Waals surface area contributed by atoms with Gasteiger partial charge in [-0.05, 0) is 58.6 Å². The van der Waals surface area contributed by atoms with Crippen LogP contribution in [0.15, 0.2) is 35.6 Å². The molecule has 1 amide bonds. The average molecular weight is 492 g/mol. The number of carbonyl (C=O) groups excluding carboxylic acids is 1. The first-order valence-electron chi connectivity index (χ1n) is 12.7. The summed E-state index contributed by atoms with van der Waals surface area (Å²) in [5.41, 5.74) is 10.4. The number of aryl methyl sites for hydroxylation is 1. The average Bonchev–Trinajstić information content (AvgIpc) is 3.55. The third kappa shape index (κ3) is 4.93. The Morgan fingerprint density at radius 3 is 2.75 bits per heavy atom. The maximum Gasteiger partial charge on any atom is 0.257 e. The molecule has 2 aliphatic rings. The van der Waals surface area contributed by atoms with Crippen LogP contribution in [-0.2, 0) is 0 Å². The molecule has 3 heterocycles. The Morgan fingerprint density at radius 1 is 1.31 bits per heavy atom. The lowest BCUT2D eigenvalue weighted by molar-refractivity contribution is 0.102. The number of halogens is 1. The zero-order valence-electron chi connectivity index (χ0n) is 21.1. The quantitative estimate of drug-likeness (QED) is 0.340. The predicted octanol–water partition coefficient (Wildman–Crippen LogP) is 4.17. The van der Waals surface area contributed by atoms with Crippen LogP contribution in [0.2, 0.25) is 0 Å². The molecule has 1 aliphatic heterocycles. The van der Waals surface area contributed by atoms with E-state index in [0.29, 0.717) is 35.2 Å². The van der Waals surface area contributed by atoms with Crippen LogP contribution in [0.4, 0.5) is 21.5 Å². The number of hydrogen-bond acceptors (Lipinski definition) is 6. The Kier molecular flexibility index (Phi) is 6.42. The van der Waals surface area contributed by atoms with Crippen LogP contribution >= 0.6 is 0 Å². The number of aliphatic imine (C=N–C) groups is 1. The van der Waals surface area contributed by atoms with Gasteiger partial charge < -0.3 is 25.7 Å². The van der Waals surface area contributed by atoms with E-state index in [1.807, 2.05) is 13.0 Å². The summed E-state index contributed by atoms with van der Waals surface area (Å²) >= 11 is 0. The zero-order valence-corrected chi connectivity index (χ0v) is 21.1. The van der Waals surface area contributed by atoms with Crippen molar-refractivity contribution in [1.82, 2.24) is 14.7 Å². The van der Waals surface area contributed by atoms with E-state index in [4.69, 9.17) is 5.73 Å². The number of anilines is 3. The largest absolute Gasteiger partial charge is 0.397 e. The van der Waals surface area contributed by atoms with Crippen molar-refractivity contribution in [2.45, 2.75) is 58.0 Å². The van der Waals surface area contributed by atoms with Crippen molar-refractivity contribution in [1.29, 1.82) is 0 Å². The molecular formula is C27H34FN7O. The zero-order chi connectivity index (χ0) is 25.4. The number of imidazole rings is 1. The van der Waals surface area contributed by atoms with Crippen molar-refractivity contribution in [2.24, 2.45) is 4.99 Å². The van der Waals surface area contributed by atoms with Gasteiger partial charge in [0.05, 0.1) is 22.6 Å².